The highest BCUT2D eigenvalue weighted by atomic mass is 32.2. The van der Waals surface area contributed by atoms with Gasteiger partial charge in [0, 0.05) is 6.04 Å². The van der Waals surface area contributed by atoms with Gasteiger partial charge in [-0.3, -0.25) is 0 Å². The van der Waals surface area contributed by atoms with E-state index in [9.17, 15) is 12.8 Å². The maximum Gasteiger partial charge on any atom is 0.165 e. The highest BCUT2D eigenvalue weighted by Crippen LogP contribution is 2.25. The van der Waals surface area contributed by atoms with Crippen molar-refractivity contribution in [2.24, 2.45) is 5.73 Å². The van der Waals surface area contributed by atoms with E-state index in [1.54, 1.807) is 13.0 Å². The number of sulfone groups is 1. The van der Waals surface area contributed by atoms with Gasteiger partial charge < -0.3 is 10.5 Å². The van der Waals surface area contributed by atoms with E-state index in [1.807, 2.05) is 0 Å². The molecule has 2 N–H and O–H groups in total. The Kier molecular flexibility index (Phi) is 3.59. The number of halogens is 1. The first-order valence-corrected chi connectivity index (χ1v) is 7.61. The maximum absolute atomic E-state index is 13.7. The van der Waals surface area contributed by atoms with Crippen molar-refractivity contribution in [2.75, 3.05) is 11.5 Å². The molecular weight excluding hydrogens is 257 g/mol. The van der Waals surface area contributed by atoms with E-state index in [4.69, 9.17) is 10.5 Å². The van der Waals surface area contributed by atoms with Crippen LogP contribution in [-0.4, -0.2) is 26.0 Å². The quantitative estimate of drug-likeness (QED) is 0.904. The van der Waals surface area contributed by atoms with E-state index < -0.39 is 21.8 Å². The number of nitrogens with two attached hydrogens (primary N) is 1. The van der Waals surface area contributed by atoms with Gasteiger partial charge in [0.25, 0.3) is 0 Å². The van der Waals surface area contributed by atoms with Crippen molar-refractivity contribution >= 4 is 9.84 Å². The number of ether oxygens (including phenoxy) is 1. The fraction of sp³-hybridized carbons (Fsp3) is 0.500. The summed E-state index contributed by atoms with van der Waals surface area (Å²) in [5.41, 5.74) is 6.32. The Morgan fingerprint density at radius 2 is 2.22 bits per heavy atom. The van der Waals surface area contributed by atoms with Gasteiger partial charge in [-0.25, -0.2) is 12.8 Å². The van der Waals surface area contributed by atoms with E-state index in [-0.39, 0.29) is 23.3 Å². The molecule has 0 aromatic heterocycles. The molecule has 1 unspecified atom stereocenters. The summed E-state index contributed by atoms with van der Waals surface area (Å²) in [6, 6.07) is 4.26. The van der Waals surface area contributed by atoms with Gasteiger partial charge in [-0.2, -0.15) is 0 Å². The lowest BCUT2D eigenvalue weighted by atomic mass is 10.1. The standard InChI is InChI=1S/C12H16FNO3S/c1-8(14)9-2-3-12(11(13)6-9)17-10-4-5-18(15,16)7-10/h2-3,6,8,10H,4-5,7,14H2,1H3/t8-,10?/m1/s1. The molecule has 0 amide bonds. The summed E-state index contributed by atoms with van der Waals surface area (Å²) in [5, 5.41) is 0. The van der Waals surface area contributed by atoms with Crippen LogP contribution in [0, 0.1) is 5.82 Å². The molecular formula is C12H16FNO3S. The molecule has 0 bridgehead atoms. The zero-order valence-corrected chi connectivity index (χ0v) is 10.9. The summed E-state index contributed by atoms with van der Waals surface area (Å²) in [7, 11) is -3.02. The normalized spacial score (nSPS) is 23.8. The average Bonchev–Trinajstić information content (AvgIpc) is 2.61. The van der Waals surface area contributed by atoms with Crippen LogP contribution in [0.25, 0.3) is 0 Å². The molecule has 100 valence electrons. The Balaban J connectivity index is 2.11. The molecule has 18 heavy (non-hydrogen) atoms. The van der Waals surface area contributed by atoms with Crippen molar-refractivity contribution in [3.05, 3.63) is 29.6 Å². The molecule has 2 rings (SSSR count). The van der Waals surface area contributed by atoms with Gasteiger partial charge in [0.2, 0.25) is 0 Å². The molecule has 0 saturated carbocycles. The Morgan fingerprint density at radius 1 is 1.50 bits per heavy atom. The van der Waals surface area contributed by atoms with Crippen LogP contribution >= 0.6 is 0 Å². The molecule has 1 aromatic carbocycles. The predicted octanol–water partition coefficient (Wildman–Crippen LogP) is 1.41. The van der Waals surface area contributed by atoms with Gasteiger partial charge in [0.05, 0.1) is 11.5 Å². The highest BCUT2D eigenvalue weighted by Gasteiger charge is 2.29. The average molecular weight is 273 g/mol. The number of benzene rings is 1. The second-order valence-corrected chi connectivity index (χ2v) is 6.85. The topological polar surface area (TPSA) is 69.4 Å². The van der Waals surface area contributed by atoms with Crippen LogP contribution in [0.5, 0.6) is 5.75 Å². The van der Waals surface area contributed by atoms with E-state index in [0.29, 0.717) is 12.0 Å². The third-order valence-corrected chi connectivity index (χ3v) is 4.70. The lowest BCUT2D eigenvalue weighted by molar-refractivity contribution is 0.218. The molecule has 6 heteroatoms. The second-order valence-electron chi connectivity index (χ2n) is 4.62. The summed E-state index contributed by atoms with van der Waals surface area (Å²) in [6.07, 6.45) is -0.0396. The second kappa shape index (κ2) is 4.85. The summed E-state index contributed by atoms with van der Waals surface area (Å²) in [5.74, 6) is -0.353. The molecule has 0 aliphatic carbocycles. The highest BCUT2D eigenvalue weighted by molar-refractivity contribution is 7.91. The smallest absolute Gasteiger partial charge is 0.165 e. The Bertz CT molecular complexity index is 542. The van der Waals surface area contributed by atoms with E-state index in [2.05, 4.69) is 0 Å². The van der Waals surface area contributed by atoms with Gasteiger partial charge in [0.1, 0.15) is 6.10 Å². The van der Waals surface area contributed by atoms with Crippen molar-refractivity contribution in [3.8, 4) is 5.75 Å². The first-order valence-electron chi connectivity index (χ1n) is 5.79. The van der Waals surface area contributed by atoms with E-state index in [1.165, 1.54) is 12.1 Å². The van der Waals surface area contributed by atoms with Gasteiger partial charge in [-0.05, 0) is 31.0 Å². The molecule has 1 aliphatic heterocycles. The zero-order valence-electron chi connectivity index (χ0n) is 10.1. The fourth-order valence-corrected chi connectivity index (χ4v) is 3.52. The minimum Gasteiger partial charge on any atom is -0.486 e. The largest absolute Gasteiger partial charge is 0.486 e. The number of rotatable bonds is 3. The van der Waals surface area contributed by atoms with E-state index in [0.717, 1.165) is 0 Å². The molecule has 0 spiro atoms. The third-order valence-electron chi connectivity index (χ3n) is 2.97. The van der Waals surface area contributed by atoms with Crippen molar-refractivity contribution in [3.63, 3.8) is 0 Å². The van der Waals surface area contributed by atoms with Crippen molar-refractivity contribution in [1.82, 2.24) is 0 Å². The minimum atomic E-state index is -3.02. The summed E-state index contributed by atoms with van der Waals surface area (Å²) in [4.78, 5) is 0. The number of hydrogen-bond donors (Lipinski definition) is 1. The Hall–Kier alpha value is -1.14. The maximum atomic E-state index is 13.7. The molecule has 1 saturated heterocycles. The van der Waals surface area contributed by atoms with Crippen LogP contribution in [0.3, 0.4) is 0 Å². The Morgan fingerprint density at radius 3 is 2.72 bits per heavy atom. The molecule has 1 heterocycles. The molecule has 1 aromatic rings. The van der Waals surface area contributed by atoms with E-state index >= 15 is 0 Å². The van der Waals surface area contributed by atoms with Crippen molar-refractivity contribution < 1.29 is 17.5 Å². The summed E-state index contributed by atoms with van der Waals surface area (Å²) < 4.78 is 41.6. The van der Waals surface area contributed by atoms with Crippen LogP contribution in [0.2, 0.25) is 0 Å². The molecule has 2 atom stereocenters. The van der Waals surface area contributed by atoms with Crippen LogP contribution in [0.4, 0.5) is 4.39 Å². The molecule has 0 radical (unpaired) electrons. The van der Waals surface area contributed by atoms with Crippen molar-refractivity contribution in [2.45, 2.75) is 25.5 Å². The summed E-state index contributed by atoms with van der Waals surface area (Å²) in [6.45, 7) is 1.76. The zero-order chi connectivity index (χ0) is 13.3. The van der Waals surface area contributed by atoms with Crippen molar-refractivity contribution in [1.29, 1.82) is 0 Å². The molecule has 1 aliphatic rings. The van der Waals surface area contributed by atoms with Crippen LogP contribution in [0.1, 0.15) is 24.9 Å². The number of hydrogen-bond acceptors (Lipinski definition) is 4. The van der Waals surface area contributed by atoms with Gasteiger partial charge >= 0.3 is 0 Å². The molecule has 1 fully saturated rings. The SMILES string of the molecule is C[C@@H](N)c1ccc(OC2CCS(=O)(=O)C2)c(F)c1. The van der Waals surface area contributed by atoms with Gasteiger partial charge in [-0.15, -0.1) is 0 Å². The monoisotopic (exact) mass is 273 g/mol. The first kappa shape index (κ1) is 13.3. The fourth-order valence-electron chi connectivity index (χ4n) is 1.93. The third kappa shape index (κ3) is 3.00. The van der Waals surface area contributed by atoms with Gasteiger partial charge in [0.15, 0.2) is 21.4 Å². The minimum absolute atomic E-state index is 0.0402. The lowest BCUT2D eigenvalue weighted by Crippen LogP contribution is -2.18. The van der Waals surface area contributed by atoms with Crippen LogP contribution < -0.4 is 10.5 Å². The molecule has 4 nitrogen and oxygen atoms in total. The van der Waals surface area contributed by atoms with Crippen LogP contribution in [-0.2, 0) is 9.84 Å². The van der Waals surface area contributed by atoms with Crippen LogP contribution in [0.15, 0.2) is 18.2 Å². The first-order chi connectivity index (χ1) is 8.37. The summed E-state index contributed by atoms with van der Waals surface area (Å²) >= 11 is 0. The predicted molar refractivity (Wildman–Crippen MR) is 66.7 cm³/mol. The van der Waals surface area contributed by atoms with Gasteiger partial charge in [-0.1, -0.05) is 6.07 Å². The Labute approximate surface area is 106 Å². The lowest BCUT2D eigenvalue weighted by Gasteiger charge is -2.14.